The molecule has 148 valence electrons. The normalized spacial score (nSPS) is 21.5. The number of ether oxygens (including phenoxy) is 1. The molecule has 0 saturated heterocycles. The van der Waals surface area contributed by atoms with Crippen LogP contribution in [0.25, 0.3) is 0 Å². The van der Waals surface area contributed by atoms with E-state index in [1.54, 1.807) is 6.92 Å². The third-order valence-electron chi connectivity index (χ3n) is 5.73. The molecule has 4 heteroatoms. The molecule has 4 rings (SSSR count). The molecule has 0 aromatic heterocycles. The molecule has 1 N–H and O–H groups in total. The number of ketones is 1. The maximum absolute atomic E-state index is 13.4. The van der Waals surface area contributed by atoms with Gasteiger partial charge in [0, 0.05) is 29.3 Å². The Morgan fingerprint density at radius 1 is 1.00 bits per heavy atom. The number of hydrogen-bond acceptors (Lipinski definition) is 4. The molecule has 2 aliphatic rings. The molecule has 1 heterocycles. The Morgan fingerprint density at radius 3 is 2.24 bits per heavy atom. The van der Waals surface area contributed by atoms with Crippen LogP contribution in [0.3, 0.4) is 0 Å². The van der Waals surface area contributed by atoms with Crippen molar-refractivity contribution in [2.75, 3.05) is 6.61 Å². The summed E-state index contributed by atoms with van der Waals surface area (Å²) in [5.74, 6) is -0.523. The fraction of sp³-hybridized carbons (Fsp3) is 0.280. The Hall–Kier alpha value is -3.14. The highest BCUT2D eigenvalue weighted by Gasteiger charge is 2.41. The topological polar surface area (TPSA) is 55.4 Å². The standard InChI is InChI=1S/C25H25NO3/c1-3-29-25(28)22-16(2)26-20-14-19(17-10-6-4-7-11-17)15-21(27)24(20)23(22)18-12-8-5-9-13-18/h4-13,19,23,26H,3,14-15H2,1-2H3/t19-,23-/m1/s1. The molecular formula is C25H25NO3. The minimum atomic E-state index is -0.393. The van der Waals surface area contributed by atoms with Gasteiger partial charge in [0.05, 0.1) is 12.2 Å². The van der Waals surface area contributed by atoms with E-state index in [-0.39, 0.29) is 17.7 Å². The number of carbonyl (C=O) groups excluding carboxylic acids is 2. The number of esters is 1. The number of rotatable bonds is 4. The second kappa shape index (κ2) is 8.08. The van der Waals surface area contributed by atoms with Crippen LogP contribution in [-0.2, 0) is 14.3 Å². The average molecular weight is 387 g/mol. The zero-order chi connectivity index (χ0) is 20.4. The Kier molecular flexibility index (Phi) is 5.34. The van der Waals surface area contributed by atoms with Gasteiger partial charge in [-0.15, -0.1) is 0 Å². The highest BCUT2D eigenvalue weighted by molar-refractivity contribution is 6.04. The van der Waals surface area contributed by atoms with Gasteiger partial charge in [0.2, 0.25) is 0 Å². The Morgan fingerprint density at radius 2 is 1.62 bits per heavy atom. The predicted octanol–water partition coefficient (Wildman–Crippen LogP) is 4.61. The van der Waals surface area contributed by atoms with Gasteiger partial charge in [-0.1, -0.05) is 60.7 Å². The van der Waals surface area contributed by atoms with Crippen LogP contribution < -0.4 is 5.32 Å². The van der Waals surface area contributed by atoms with Crippen LogP contribution >= 0.6 is 0 Å². The first-order valence-electron chi connectivity index (χ1n) is 10.1. The van der Waals surface area contributed by atoms with Crippen LogP contribution in [0.2, 0.25) is 0 Å². The van der Waals surface area contributed by atoms with Crippen LogP contribution in [0, 0.1) is 0 Å². The summed E-state index contributed by atoms with van der Waals surface area (Å²) in [7, 11) is 0. The maximum Gasteiger partial charge on any atom is 0.336 e. The van der Waals surface area contributed by atoms with Crippen LogP contribution in [0.5, 0.6) is 0 Å². The second-order valence-electron chi connectivity index (χ2n) is 7.56. The lowest BCUT2D eigenvalue weighted by molar-refractivity contribution is -0.138. The molecule has 0 radical (unpaired) electrons. The van der Waals surface area contributed by atoms with Crippen molar-refractivity contribution < 1.29 is 14.3 Å². The molecule has 0 amide bonds. The van der Waals surface area contributed by atoms with Crippen LogP contribution in [-0.4, -0.2) is 18.4 Å². The van der Waals surface area contributed by atoms with Crippen molar-refractivity contribution in [2.24, 2.45) is 0 Å². The lowest BCUT2D eigenvalue weighted by Crippen LogP contribution is -2.36. The van der Waals surface area contributed by atoms with Gasteiger partial charge in [-0.25, -0.2) is 4.79 Å². The Balaban J connectivity index is 1.79. The lowest BCUT2D eigenvalue weighted by Gasteiger charge is -2.36. The maximum atomic E-state index is 13.4. The number of carbonyl (C=O) groups is 2. The largest absolute Gasteiger partial charge is 0.463 e. The fourth-order valence-electron chi connectivity index (χ4n) is 4.46. The third-order valence-corrected chi connectivity index (χ3v) is 5.73. The molecule has 2 atom stereocenters. The summed E-state index contributed by atoms with van der Waals surface area (Å²) in [6.45, 7) is 3.98. The number of hydrogen-bond donors (Lipinski definition) is 1. The van der Waals surface area contributed by atoms with E-state index in [0.717, 1.165) is 23.4 Å². The van der Waals surface area contributed by atoms with Crippen LogP contribution in [0.15, 0.2) is 83.2 Å². The summed E-state index contributed by atoms with van der Waals surface area (Å²) in [5, 5.41) is 3.38. The second-order valence-corrected chi connectivity index (χ2v) is 7.56. The summed E-state index contributed by atoms with van der Waals surface area (Å²) < 4.78 is 5.34. The van der Waals surface area contributed by atoms with Crippen LogP contribution in [0.1, 0.15) is 49.7 Å². The molecule has 0 fully saturated rings. The average Bonchev–Trinajstić information content (AvgIpc) is 2.74. The van der Waals surface area contributed by atoms with Crippen molar-refractivity contribution in [1.82, 2.24) is 5.32 Å². The van der Waals surface area contributed by atoms with Gasteiger partial charge in [-0.2, -0.15) is 0 Å². The summed E-state index contributed by atoms with van der Waals surface area (Å²) >= 11 is 0. The predicted molar refractivity (Wildman–Crippen MR) is 112 cm³/mol. The first kappa shape index (κ1) is 19.2. The molecule has 0 saturated carbocycles. The van der Waals surface area contributed by atoms with Crippen molar-refractivity contribution in [3.05, 3.63) is 94.3 Å². The van der Waals surface area contributed by atoms with Crippen molar-refractivity contribution in [2.45, 2.75) is 38.5 Å². The summed E-state index contributed by atoms with van der Waals surface area (Å²) in [6.07, 6.45) is 1.20. The SMILES string of the molecule is CCOC(=O)C1=C(C)NC2=C(C(=O)C[C@H](c3ccccc3)C2)[C@@H]1c1ccccc1. The molecule has 1 aliphatic heterocycles. The van der Waals surface area contributed by atoms with E-state index in [9.17, 15) is 9.59 Å². The minimum absolute atomic E-state index is 0.0933. The number of benzene rings is 2. The molecular weight excluding hydrogens is 362 g/mol. The smallest absolute Gasteiger partial charge is 0.336 e. The van der Waals surface area contributed by atoms with Gasteiger partial charge in [-0.05, 0) is 37.3 Å². The van der Waals surface area contributed by atoms with Crippen molar-refractivity contribution in [3.8, 4) is 0 Å². The van der Waals surface area contributed by atoms with Crippen molar-refractivity contribution in [1.29, 1.82) is 0 Å². The zero-order valence-corrected chi connectivity index (χ0v) is 16.8. The molecule has 1 aliphatic carbocycles. The molecule has 2 aromatic rings. The van der Waals surface area contributed by atoms with Gasteiger partial charge in [0.1, 0.15) is 0 Å². The Bertz CT molecular complexity index is 989. The van der Waals surface area contributed by atoms with E-state index in [0.29, 0.717) is 24.2 Å². The number of allylic oxidation sites excluding steroid dienone is 3. The molecule has 0 unspecified atom stereocenters. The van der Waals surface area contributed by atoms with E-state index in [4.69, 9.17) is 4.74 Å². The molecule has 2 aromatic carbocycles. The van der Waals surface area contributed by atoms with Gasteiger partial charge in [0.15, 0.2) is 5.78 Å². The number of dihydropyridines is 1. The summed E-state index contributed by atoms with van der Waals surface area (Å²) in [5.41, 5.74) is 5.03. The van der Waals surface area contributed by atoms with Gasteiger partial charge in [-0.3, -0.25) is 4.79 Å². The van der Waals surface area contributed by atoms with Gasteiger partial charge < -0.3 is 10.1 Å². The Labute approximate surface area is 171 Å². The third kappa shape index (κ3) is 3.63. The van der Waals surface area contributed by atoms with E-state index in [2.05, 4.69) is 17.4 Å². The molecule has 4 nitrogen and oxygen atoms in total. The molecule has 29 heavy (non-hydrogen) atoms. The quantitative estimate of drug-likeness (QED) is 0.779. The van der Waals surface area contributed by atoms with E-state index in [1.165, 1.54) is 5.56 Å². The van der Waals surface area contributed by atoms with Crippen LogP contribution in [0.4, 0.5) is 0 Å². The van der Waals surface area contributed by atoms with E-state index >= 15 is 0 Å². The van der Waals surface area contributed by atoms with E-state index < -0.39 is 5.92 Å². The lowest BCUT2D eigenvalue weighted by atomic mass is 9.72. The summed E-state index contributed by atoms with van der Waals surface area (Å²) in [4.78, 5) is 26.2. The first-order chi connectivity index (χ1) is 14.1. The highest BCUT2D eigenvalue weighted by Crippen LogP contribution is 2.45. The van der Waals surface area contributed by atoms with Gasteiger partial charge in [0.25, 0.3) is 0 Å². The van der Waals surface area contributed by atoms with E-state index in [1.807, 2.05) is 55.5 Å². The first-order valence-corrected chi connectivity index (χ1v) is 10.1. The zero-order valence-electron chi connectivity index (χ0n) is 16.8. The van der Waals surface area contributed by atoms with Gasteiger partial charge >= 0.3 is 5.97 Å². The fourth-order valence-corrected chi connectivity index (χ4v) is 4.46. The highest BCUT2D eigenvalue weighted by atomic mass is 16.5. The monoisotopic (exact) mass is 387 g/mol. The molecule has 0 bridgehead atoms. The number of Topliss-reactive ketones (excluding diaryl/α,β-unsaturated/α-hetero) is 1. The summed E-state index contributed by atoms with van der Waals surface area (Å²) in [6, 6.07) is 19.9. The minimum Gasteiger partial charge on any atom is -0.463 e. The van der Waals surface area contributed by atoms with Crippen molar-refractivity contribution >= 4 is 11.8 Å². The molecule has 0 spiro atoms. The number of nitrogens with one attached hydrogen (secondary N) is 1. The van der Waals surface area contributed by atoms with Crippen molar-refractivity contribution in [3.63, 3.8) is 0 Å².